The van der Waals surface area contributed by atoms with Crippen molar-refractivity contribution in [3.63, 3.8) is 0 Å². The molecule has 2 amide bonds. The van der Waals surface area contributed by atoms with E-state index >= 15 is 0 Å². The molecule has 3 N–H and O–H groups in total. The molecule has 2 aromatic heterocycles. The SMILES string of the molecule is Cn1nnnc1SCC1=C(C(=O)[O-])N2C(=O)C(NC(=O)C(=CCl)c3csc(N)n3)[C@H]2SC1.[Na+]. The summed E-state index contributed by atoms with van der Waals surface area (Å²) in [6, 6.07) is -0.915. The normalized spacial score (nSPS) is 20.1. The van der Waals surface area contributed by atoms with Gasteiger partial charge in [0.25, 0.3) is 11.8 Å². The quantitative estimate of drug-likeness (QED) is 0.153. The second kappa shape index (κ2) is 10.8. The number of amides is 2. The second-order valence-electron chi connectivity index (χ2n) is 6.57. The van der Waals surface area contributed by atoms with Gasteiger partial charge in [-0.2, -0.15) is 0 Å². The number of β-lactam (4-membered cyclic amide) rings is 1. The number of carbonyl (C=O) groups is 3. The van der Waals surface area contributed by atoms with Gasteiger partial charge in [-0.15, -0.1) is 28.2 Å². The van der Waals surface area contributed by atoms with E-state index < -0.39 is 29.2 Å². The van der Waals surface area contributed by atoms with Gasteiger partial charge in [-0.05, 0) is 16.0 Å². The van der Waals surface area contributed by atoms with Crippen LogP contribution in [0.15, 0.2) is 27.3 Å². The average Bonchev–Trinajstić information content (AvgIpc) is 3.37. The Morgan fingerprint density at radius 2 is 2.24 bits per heavy atom. The Kier molecular flexibility index (Phi) is 8.47. The molecule has 0 aliphatic carbocycles. The molecule has 0 radical (unpaired) electrons. The number of thioether (sulfide) groups is 2. The molecule has 0 bridgehead atoms. The zero-order valence-corrected chi connectivity index (χ0v) is 22.4. The minimum Gasteiger partial charge on any atom is -0.543 e. The number of carboxylic acid groups (broad SMARTS) is 1. The van der Waals surface area contributed by atoms with Crippen molar-refractivity contribution in [2.45, 2.75) is 16.6 Å². The summed E-state index contributed by atoms with van der Waals surface area (Å²) < 4.78 is 1.46. The van der Waals surface area contributed by atoms with Crippen LogP contribution in [0.3, 0.4) is 0 Å². The fraction of sp³-hybridized carbons (Fsp3) is 0.312. The summed E-state index contributed by atoms with van der Waals surface area (Å²) in [7, 11) is 1.66. The van der Waals surface area contributed by atoms with Crippen molar-refractivity contribution in [1.29, 1.82) is 0 Å². The first-order chi connectivity index (χ1) is 15.3. The molecular formula is C16H14ClN8NaO4S3. The van der Waals surface area contributed by atoms with Gasteiger partial charge in [-0.3, -0.25) is 14.5 Å². The monoisotopic (exact) mass is 536 g/mol. The number of nitrogens with two attached hydrogens (primary N) is 1. The van der Waals surface area contributed by atoms with Crippen molar-refractivity contribution >= 4 is 74.9 Å². The molecule has 1 fully saturated rings. The van der Waals surface area contributed by atoms with Crippen LogP contribution in [0, 0.1) is 0 Å². The van der Waals surface area contributed by atoms with Gasteiger partial charge in [0, 0.05) is 29.5 Å². The smallest absolute Gasteiger partial charge is 0.543 e. The molecule has 0 saturated carbocycles. The van der Waals surface area contributed by atoms with E-state index in [0.29, 0.717) is 16.5 Å². The largest absolute Gasteiger partial charge is 1.00 e. The van der Waals surface area contributed by atoms with Gasteiger partial charge in [-0.1, -0.05) is 23.4 Å². The minimum absolute atomic E-state index is 0. The van der Waals surface area contributed by atoms with Crippen LogP contribution in [0.2, 0.25) is 0 Å². The Balaban J connectivity index is 0.00000306. The molecule has 0 aromatic carbocycles. The van der Waals surface area contributed by atoms with Gasteiger partial charge in [0.2, 0.25) is 5.16 Å². The minimum atomic E-state index is -1.46. The van der Waals surface area contributed by atoms with Crippen LogP contribution < -0.4 is 45.7 Å². The van der Waals surface area contributed by atoms with Crippen molar-refractivity contribution in [1.82, 2.24) is 35.4 Å². The topological polar surface area (TPSA) is 172 Å². The first-order valence-electron chi connectivity index (χ1n) is 8.87. The maximum Gasteiger partial charge on any atom is 1.00 e. The Labute approximate surface area is 226 Å². The molecule has 2 aliphatic rings. The molecule has 2 atom stereocenters. The van der Waals surface area contributed by atoms with Gasteiger partial charge in [0.15, 0.2) is 5.13 Å². The summed E-state index contributed by atoms with van der Waals surface area (Å²) in [5.74, 6) is -2.02. The number of aliphatic carboxylic acids is 1. The van der Waals surface area contributed by atoms with Crippen molar-refractivity contribution in [3.8, 4) is 0 Å². The fourth-order valence-electron chi connectivity index (χ4n) is 3.13. The number of aryl methyl sites for hydroxylation is 1. The van der Waals surface area contributed by atoms with E-state index in [-0.39, 0.29) is 57.4 Å². The van der Waals surface area contributed by atoms with Crippen molar-refractivity contribution < 1.29 is 49.0 Å². The van der Waals surface area contributed by atoms with Crippen LogP contribution in [-0.4, -0.2) is 70.8 Å². The zero-order valence-electron chi connectivity index (χ0n) is 17.2. The molecule has 1 saturated heterocycles. The van der Waals surface area contributed by atoms with E-state index in [9.17, 15) is 19.5 Å². The van der Waals surface area contributed by atoms with Crippen LogP contribution in [0.1, 0.15) is 5.69 Å². The Morgan fingerprint density at radius 3 is 2.82 bits per heavy atom. The predicted octanol–water partition coefficient (Wildman–Crippen LogP) is -3.97. The van der Waals surface area contributed by atoms with Crippen LogP contribution >= 0.6 is 46.5 Å². The molecule has 4 rings (SSSR count). The van der Waals surface area contributed by atoms with Crippen LogP contribution in [0.5, 0.6) is 0 Å². The number of nitrogens with zero attached hydrogens (tertiary/aromatic N) is 6. The summed E-state index contributed by atoms with van der Waals surface area (Å²) in [4.78, 5) is 42.4. The predicted molar refractivity (Wildman–Crippen MR) is 117 cm³/mol. The van der Waals surface area contributed by atoms with E-state index in [0.717, 1.165) is 21.8 Å². The van der Waals surface area contributed by atoms with Crippen LogP contribution in [-0.2, 0) is 21.4 Å². The number of halogens is 1. The number of nitrogens with one attached hydrogen (secondary N) is 1. The Bertz CT molecular complexity index is 1170. The van der Waals surface area contributed by atoms with Crippen LogP contribution in [0.25, 0.3) is 5.57 Å². The van der Waals surface area contributed by atoms with Gasteiger partial charge in [-0.25, -0.2) is 9.67 Å². The fourth-order valence-corrected chi connectivity index (χ4v) is 6.24. The molecule has 4 heterocycles. The van der Waals surface area contributed by atoms with Crippen molar-refractivity contribution in [2.24, 2.45) is 7.05 Å². The number of carbonyl (C=O) groups excluding carboxylic acids is 3. The van der Waals surface area contributed by atoms with Crippen LogP contribution in [0.4, 0.5) is 5.13 Å². The number of tetrazole rings is 1. The number of anilines is 1. The molecule has 2 aromatic rings. The Hall–Kier alpha value is -1.62. The summed E-state index contributed by atoms with van der Waals surface area (Å²) in [6.45, 7) is 0. The summed E-state index contributed by atoms with van der Waals surface area (Å²) in [5, 5.41) is 27.3. The maximum atomic E-state index is 12.8. The third-order valence-corrected chi connectivity index (χ3v) is 7.96. The molecule has 2 aliphatic heterocycles. The molecule has 0 spiro atoms. The van der Waals surface area contributed by atoms with E-state index in [1.807, 2.05) is 0 Å². The molecule has 33 heavy (non-hydrogen) atoms. The number of aromatic nitrogens is 5. The zero-order chi connectivity index (χ0) is 23.0. The summed E-state index contributed by atoms with van der Waals surface area (Å²) in [5.41, 5.74) is 7.32. The molecule has 17 heteroatoms. The number of nitrogen functional groups attached to an aromatic ring is 1. The molecule has 1 unspecified atom stereocenters. The third-order valence-electron chi connectivity index (χ3n) is 4.64. The Morgan fingerprint density at radius 1 is 1.48 bits per heavy atom. The standard InChI is InChI=1S/C16H15ClN8O4S3.Na/c1-24-16(21-22-23-24)32-4-6-3-30-13-9(12(27)25(13)10(6)14(28)29)20-11(26)7(2-17)8-5-31-15(18)19-8;/h2,5,9,13H,3-4H2,1H3,(H2,18,19)(H,20,26)(H,28,29);/q;+1/p-1/t9?,13-;/m1./s1. The molecule has 12 nitrogen and oxygen atoms in total. The summed E-state index contributed by atoms with van der Waals surface area (Å²) in [6.07, 6.45) is 0. The molecule has 168 valence electrons. The second-order valence-corrected chi connectivity index (χ2v) is 9.72. The number of rotatable bonds is 7. The van der Waals surface area contributed by atoms with Crippen molar-refractivity contribution in [2.75, 3.05) is 17.2 Å². The maximum absolute atomic E-state index is 12.8. The van der Waals surface area contributed by atoms with E-state index in [1.54, 1.807) is 12.4 Å². The summed E-state index contributed by atoms with van der Waals surface area (Å²) >= 11 is 9.52. The van der Waals surface area contributed by atoms with Gasteiger partial charge in [0.1, 0.15) is 11.4 Å². The van der Waals surface area contributed by atoms with E-state index in [2.05, 4.69) is 25.8 Å². The van der Waals surface area contributed by atoms with E-state index in [1.165, 1.54) is 28.2 Å². The van der Waals surface area contributed by atoms with Gasteiger partial charge in [0.05, 0.1) is 22.9 Å². The first kappa shape index (κ1) is 26.0. The third kappa shape index (κ3) is 5.08. The first-order valence-corrected chi connectivity index (χ1v) is 12.2. The van der Waals surface area contributed by atoms with E-state index in [4.69, 9.17) is 17.3 Å². The van der Waals surface area contributed by atoms with Gasteiger partial charge >= 0.3 is 29.6 Å². The van der Waals surface area contributed by atoms with Gasteiger partial charge < -0.3 is 21.0 Å². The number of hydrogen-bond acceptors (Lipinski definition) is 12. The number of fused-ring (bicyclic) bond motifs is 1. The van der Waals surface area contributed by atoms with Crippen molar-refractivity contribution in [3.05, 3.63) is 27.9 Å². The molecular weight excluding hydrogens is 523 g/mol. The number of carboxylic acids is 1. The average molecular weight is 537 g/mol. The number of hydrogen-bond donors (Lipinski definition) is 2. The number of thiazole rings is 1.